The Morgan fingerprint density at radius 1 is 1.52 bits per heavy atom. The summed E-state index contributed by atoms with van der Waals surface area (Å²) >= 11 is 6.31. The number of aliphatic hydroxyl groups is 1. The Kier molecular flexibility index (Phi) is 3.68. The number of aromatic nitrogens is 3. The molecule has 2 N–H and O–H groups in total. The molecular formula is C13H11ClN4O3. The third-order valence-electron chi connectivity index (χ3n) is 2.99. The molecule has 0 aromatic carbocycles. The number of carbonyl (C=O) groups is 1. The van der Waals surface area contributed by atoms with Crippen LogP contribution in [0, 0.1) is 0 Å². The molecule has 0 spiro atoms. The van der Waals surface area contributed by atoms with Crippen molar-refractivity contribution < 1.29 is 14.4 Å². The first-order valence-corrected chi connectivity index (χ1v) is 6.65. The van der Waals surface area contributed by atoms with Crippen molar-refractivity contribution in [1.29, 1.82) is 0 Å². The molecular weight excluding hydrogens is 296 g/mol. The van der Waals surface area contributed by atoms with Gasteiger partial charge in [0, 0.05) is 24.7 Å². The molecule has 1 amide bonds. The van der Waals surface area contributed by atoms with Crippen LogP contribution in [0.2, 0.25) is 5.02 Å². The Labute approximate surface area is 124 Å². The number of allylic oxidation sites excluding steroid dienone is 1. The Morgan fingerprint density at radius 3 is 3.19 bits per heavy atom. The van der Waals surface area contributed by atoms with Crippen LogP contribution in [0.15, 0.2) is 16.8 Å². The number of nitrogens with zero attached hydrogens (tertiary/aromatic N) is 3. The Morgan fingerprint density at radius 2 is 2.38 bits per heavy atom. The van der Waals surface area contributed by atoms with Gasteiger partial charge in [0.15, 0.2) is 0 Å². The molecule has 7 nitrogen and oxygen atoms in total. The summed E-state index contributed by atoms with van der Waals surface area (Å²) < 4.78 is 4.89. The summed E-state index contributed by atoms with van der Waals surface area (Å²) in [7, 11) is 0. The van der Waals surface area contributed by atoms with Crippen molar-refractivity contribution in [3.05, 3.63) is 34.4 Å². The highest BCUT2D eigenvalue weighted by Gasteiger charge is 2.20. The van der Waals surface area contributed by atoms with Crippen LogP contribution in [0.1, 0.15) is 21.9 Å². The fourth-order valence-electron chi connectivity index (χ4n) is 1.99. The molecule has 108 valence electrons. The van der Waals surface area contributed by atoms with E-state index in [-0.39, 0.29) is 24.9 Å². The predicted octanol–water partition coefficient (Wildman–Crippen LogP) is 1.08. The Balaban J connectivity index is 1.90. The van der Waals surface area contributed by atoms with Gasteiger partial charge >= 0.3 is 11.8 Å². The second kappa shape index (κ2) is 5.63. The number of hydrogen-bond donors (Lipinski definition) is 2. The van der Waals surface area contributed by atoms with Crippen LogP contribution in [0.5, 0.6) is 0 Å². The van der Waals surface area contributed by atoms with E-state index in [4.69, 9.17) is 21.2 Å². The lowest BCUT2D eigenvalue weighted by atomic mass is 10.1. The van der Waals surface area contributed by atoms with Gasteiger partial charge in [-0.3, -0.25) is 9.78 Å². The standard InChI is InChI=1S/C13H11ClN4O3/c14-10-7-2-1-3-9(7)16-6-8(10)11-17-13(21-18-11)12(20)15-4-5-19/h1-2,6,19H,3-5H2,(H,15,20). The van der Waals surface area contributed by atoms with Crippen molar-refractivity contribution >= 4 is 23.6 Å². The maximum atomic E-state index is 11.6. The van der Waals surface area contributed by atoms with Gasteiger partial charge in [-0.05, 0) is 0 Å². The van der Waals surface area contributed by atoms with Crippen LogP contribution in [0.3, 0.4) is 0 Å². The number of halogens is 1. The normalized spacial score (nSPS) is 12.5. The van der Waals surface area contributed by atoms with Gasteiger partial charge in [0.05, 0.1) is 22.9 Å². The van der Waals surface area contributed by atoms with Crippen LogP contribution in [0.4, 0.5) is 0 Å². The molecule has 0 unspecified atom stereocenters. The zero-order chi connectivity index (χ0) is 14.8. The molecule has 0 saturated carbocycles. The molecule has 3 rings (SSSR count). The van der Waals surface area contributed by atoms with Crippen molar-refractivity contribution in [1.82, 2.24) is 20.4 Å². The topological polar surface area (TPSA) is 101 Å². The first kappa shape index (κ1) is 13.7. The smallest absolute Gasteiger partial charge is 0.316 e. The number of fused-ring (bicyclic) bond motifs is 1. The van der Waals surface area contributed by atoms with Crippen LogP contribution in [-0.4, -0.2) is 39.3 Å². The molecule has 0 atom stereocenters. The first-order chi connectivity index (χ1) is 10.2. The zero-order valence-electron chi connectivity index (χ0n) is 10.8. The largest absolute Gasteiger partial charge is 0.395 e. The molecule has 1 aliphatic carbocycles. The lowest BCUT2D eigenvalue weighted by Crippen LogP contribution is -2.26. The number of hydrogen-bond acceptors (Lipinski definition) is 6. The summed E-state index contributed by atoms with van der Waals surface area (Å²) in [6.45, 7) is -0.0534. The SMILES string of the molecule is O=C(NCCO)c1nc(-c2cnc3c(c2Cl)C=CC3)no1. The lowest BCUT2D eigenvalue weighted by molar-refractivity contribution is 0.0901. The molecule has 8 heteroatoms. The van der Waals surface area contributed by atoms with Gasteiger partial charge in [0.2, 0.25) is 5.82 Å². The van der Waals surface area contributed by atoms with Crippen LogP contribution in [-0.2, 0) is 6.42 Å². The highest BCUT2D eigenvalue weighted by Crippen LogP contribution is 2.33. The van der Waals surface area contributed by atoms with Crippen LogP contribution >= 0.6 is 11.6 Å². The molecule has 1 aliphatic rings. The van der Waals surface area contributed by atoms with E-state index in [2.05, 4.69) is 20.4 Å². The van der Waals surface area contributed by atoms with Gasteiger partial charge in [-0.1, -0.05) is 28.9 Å². The minimum Gasteiger partial charge on any atom is -0.395 e. The number of aliphatic hydroxyl groups excluding tert-OH is 1. The third kappa shape index (κ3) is 2.53. The van der Waals surface area contributed by atoms with E-state index in [0.29, 0.717) is 10.6 Å². The van der Waals surface area contributed by atoms with Crippen LogP contribution in [0.25, 0.3) is 17.5 Å². The van der Waals surface area contributed by atoms with E-state index in [1.165, 1.54) is 0 Å². The monoisotopic (exact) mass is 306 g/mol. The van der Waals surface area contributed by atoms with Crippen molar-refractivity contribution in [2.75, 3.05) is 13.2 Å². The molecule has 0 fully saturated rings. The van der Waals surface area contributed by atoms with E-state index >= 15 is 0 Å². The van der Waals surface area contributed by atoms with Gasteiger partial charge in [-0.2, -0.15) is 4.98 Å². The van der Waals surface area contributed by atoms with E-state index in [0.717, 1.165) is 17.7 Å². The number of pyridine rings is 1. The molecule has 0 radical (unpaired) electrons. The summed E-state index contributed by atoms with van der Waals surface area (Å²) in [5.74, 6) is -0.539. The van der Waals surface area contributed by atoms with Crippen LogP contribution < -0.4 is 5.32 Å². The maximum absolute atomic E-state index is 11.6. The zero-order valence-corrected chi connectivity index (χ0v) is 11.6. The molecule has 0 bridgehead atoms. The van der Waals surface area contributed by atoms with E-state index in [9.17, 15) is 4.79 Å². The number of carbonyl (C=O) groups excluding carboxylic acids is 1. The van der Waals surface area contributed by atoms with Gasteiger partial charge < -0.3 is 14.9 Å². The summed E-state index contributed by atoms with van der Waals surface area (Å²) in [5.41, 5.74) is 2.24. The Hall–Kier alpha value is -2.25. The fraction of sp³-hybridized carbons (Fsp3) is 0.231. The van der Waals surface area contributed by atoms with Gasteiger partial charge in [0.25, 0.3) is 0 Å². The van der Waals surface area contributed by atoms with Crippen molar-refractivity contribution in [3.8, 4) is 11.4 Å². The molecule has 2 aromatic rings. The quantitative estimate of drug-likeness (QED) is 0.876. The summed E-state index contributed by atoms with van der Waals surface area (Å²) in [4.78, 5) is 19.9. The first-order valence-electron chi connectivity index (χ1n) is 6.27. The second-order valence-corrected chi connectivity index (χ2v) is 4.73. The summed E-state index contributed by atoms with van der Waals surface area (Å²) in [5, 5.41) is 15.3. The molecule has 2 aromatic heterocycles. The minimum absolute atomic E-state index is 0.114. The van der Waals surface area contributed by atoms with E-state index in [1.807, 2.05) is 12.2 Å². The van der Waals surface area contributed by atoms with Crippen molar-refractivity contribution in [2.45, 2.75) is 6.42 Å². The fourth-order valence-corrected chi connectivity index (χ4v) is 2.29. The molecule has 21 heavy (non-hydrogen) atoms. The molecule has 0 saturated heterocycles. The Bertz CT molecular complexity index is 726. The second-order valence-electron chi connectivity index (χ2n) is 4.36. The van der Waals surface area contributed by atoms with Gasteiger partial charge in [-0.15, -0.1) is 0 Å². The van der Waals surface area contributed by atoms with E-state index in [1.54, 1.807) is 6.20 Å². The average molecular weight is 307 g/mol. The van der Waals surface area contributed by atoms with Gasteiger partial charge in [-0.25, -0.2) is 0 Å². The van der Waals surface area contributed by atoms with Gasteiger partial charge in [0.1, 0.15) is 0 Å². The molecule has 0 aliphatic heterocycles. The predicted molar refractivity (Wildman–Crippen MR) is 74.7 cm³/mol. The highest BCUT2D eigenvalue weighted by atomic mass is 35.5. The highest BCUT2D eigenvalue weighted by molar-refractivity contribution is 6.34. The minimum atomic E-state index is -0.548. The summed E-state index contributed by atoms with van der Waals surface area (Å²) in [6, 6.07) is 0. The average Bonchev–Trinajstić information content (AvgIpc) is 3.14. The number of rotatable bonds is 4. The number of nitrogens with one attached hydrogen (secondary N) is 1. The number of amides is 1. The lowest BCUT2D eigenvalue weighted by Gasteiger charge is -2.04. The van der Waals surface area contributed by atoms with E-state index < -0.39 is 5.91 Å². The third-order valence-corrected chi connectivity index (χ3v) is 3.39. The van der Waals surface area contributed by atoms with Crippen molar-refractivity contribution in [2.24, 2.45) is 0 Å². The summed E-state index contributed by atoms with van der Waals surface area (Å²) in [6.07, 6.45) is 6.17. The molecule has 2 heterocycles. The van der Waals surface area contributed by atoms with Crippen molar-refractivity contribution in [3.63, 3.8) is 0 Å². The maximum Gasteiger partial charge on any atom is 0.316 e.